The first-order valence-electron chi connectivity index (χ1n) is 11.3. The number of amides is 2. The molecule has 0 aliphatic carbocycles. The zero-order valence-corrected chi connectivity index (χ0v) is 19.6. The molecule has 0 bridgehead atoms. The topological polar surface area (TPSA) is 73.8 Å². The lowest BCUT2D eigenvalue weighted by Crippen LogP contribution is -2.46. The molecule has 0 aliphatic heterocycles. The summed E-state index contributed by atoms with van der Waals surface area (Å²) >= 11 is 0. The average molecular weight is 466 g/mol. The van der Waals surface area contributed by atoms with E-state index in [9.17, 15) is 14.3 Å². The minimum Gasteiger partial charge on any atom is -0.508 e. The molecule has 2 amide bonds. The van der Waals surface area contributed by atoms with Gasteiger partial charge in [-0.1, -0.05) is 48.5 Å². The van der Waals surface area contributed by atoms with Gasteiger partial charge in [-0.25, -0.2) is 9.18 Å². The SMILES string of the molecule is COc1cc(F)ccc1CCNC(=O)NCC(Cc1ccc(O)cc1)N(C)Cc1ccccc1. The van der Waals surface area contributed by atoms with Crippen LogP contribution in [0, 0.1) is 5.82 Å². The Kier molecular flexibility index (Phi) is 9.29. The summed E-state index contributed by atoms with van der Waals surface area (Å²) in [5, 5.41) is 15.4. The van der Waals surface area contributed by atoms with Crippen molar-refractivity contribution in [3.8, 4) is 11.5 Å². The monoisotopic (exact) mass is 465 g/mol. The number of hydrogen-bond acceptors (Lipinski definition) is 4. The number of phenolic OH excluding ortho intramolecular Hbond substituents is 1. The van der Waals surface area contributed by atoms with Gasteiger partial charge in [0.1, 0.15) is 17.3 Å². The van der Waals surface area contributed by atoms with Crippen molar-refractivity contribution in [1.82, 2.24) is 15.5 Å². The number of carbonyl (C=O) groups is 1. The van der Waals surface area contributed by atoms with E-state index < -0.39 is 0 Å². The Morgan fingerprint density at radius 1 is 1.03 bits per heavy atom. The molecule has 0 fully saturated rings. The molecule has 3 aromatic carbocycles. The second-order valence-corrected chi connectivity index (χ2v) is 8.27. The van der Waals surface area contributed by atoms with Crippen LogP contribution in [0.4, 0.5) is 9.18 Å². The quantitative estimate of drug-likeness (QED) is 0.398. The molecular weight excluding hydrogens is 433 g/mol. The second kappa shape index (κ2) is 12.6. The van der Waals surface area contributed by atoms with Gasteiger partial charge in [0.2, 0.25) is 0 Å². The van der Waals surface area contributed by atoms with Crippen molar-refractivity contribution in [3.63, 3.8) is 0 Å². The first-order valence-corrected chi connectivity index (χ1v) is 11.3. The standard InChI is InChI=1S/C27H32FN3O3/c1-31(19-21-6-4-3-5-7-21)24(16-20-8-12-25(32)13-9-20)18-30-27(33)29-15-14-22-10-11-23(28)17-26(22)34-2/h3-13,17,24,32H,14-16,18-19H2,1-2H3,(H2,29,30,33). The number of carbonyl (C=O) groups excluding carboxylic acids is 1. The molecule has 0 aliphatic rings. The van der Waals surface area contributed by atoms with E-state index in [1.165, 1.54) is 24.8 Å². The van der Waals surface area contributed by atoms with Gasteiger partial charge in [-0.3, -0.25) is 4.90 Å². The lowest BCUT2D eigenvalue weighted by atomic mass is 10.0. The van der Waals surface area contributed by atoms with Gasteiger partial charge >= 0.3 is 6.03 Å². The third-order valence-electron chi connectivity index (χ3n) is 5.73. The fourth-order valence-corrected chi connectivity index (χ4v) is 3.80. The molecule has 7 heteroatoms. The summed E-state index contributed by atoms with van der Waals surface area (Å²) in [5.74, 6) is 0.345. The maximum absolute atomic E-state index is 13.4. The molecule has 1 atom stereocenters. The van der Waals surface area contributed by atoms with Gasteiger partial charge in [0.15, 0.2) is 0 Å². The minimum atomic E-state index is -0.356. The van der Waals surface area contributed by atoms with E-state index in [4.69, 9.17) is 4.74 Å². The highest BCUT2D eigenvalue weighted by molar-refractivity contribution is 5.73. The summed E-state index contributed by atoms with van der Waals surface area (Å²) < 4.78 is 18.6. The summed E-state index contributed by atoms with van der Waals surface area (Å²) in [4.78, 5) is 14.7. The first-order chi connectivity index (χ1) is 16.4. The molecule has 3 rings (SSSR count). The zero-order chi connectivity index (χ0) is 24.3. The molecule has 0 aromatic heterocycles. The van der Waals surface area contributed by atoms with Crippen LogP contribution in [-0.4, -0.2) is 49.3 Å². The maximum Gasteiger partial charge on any atom is 0.314 e. The van der Waals surface area contributed by atoms with E-state index in [0.717, 1.165) is 24.1 Å². The Labute approximate surface area is 200 Å². The Hall–Kier alpha value is -3.58. The van der Waals surface area contributed by atoms with Crippen LogP contribution in [0.2, 0.25) is 0 Å². The number of hydrogen-bond donors (Lipinski definition) is 3. The van der Waals surface area contributed by atoms with Crippen molar-refractivity contribution >= 4 is 6.03 Å². The highest BCUT2D eigenvalue weighted by atomic mass is 19.1. The van der Waals surface area contributed by atoms with Crippen LogP contribution in [-0.2, 0) is 19.4 Å². The number of likely N-dealkylation sites (N-methyl/N-ethyl adjacent to an activating group) is 1. The van der Waals surface area contributed by atoms with Gasteiger partial charge < -0.3 is 20.5 Å². The fraction of sp³-hybridized carbons (Fsp3) is 0.296. The molecule has 0 spiro atoms. The van der Waals surface area contributed by atoms with E-state index in [2.05, 4.69) is 27.7 Å². The van der Waals surface area contributed by atoms with Crippen LogP contribution >= 0.6 is 0 Å². The van der Waals surface area contributed by atoms with E-state index in [1.807, 2.05) is 37.4 Å². The summed E-state index contributed by atoms with van der Waals surface area (Å²) in [7, 11) is 3.54. The largest absolute Gasteiger partial charge is 0.508 e. The van der Waals surface area contributed by atoms with Gasteiger partial charge in [-0.2, -0.15) is 0 Å². The zero-order valence-electron chi connectivity index (χ0n) is 19.6. The highest BCUT2D eigenvalue weighted by Crippen LogP contribution is 2.19. The summed E-state index contributed by atoms with van der Waals surface area (Å²) in [6.45, 7) is 1.60. The van der Waals surface area contributed by atoms with Crippen LogP contribution in [0.3, 0.4) is 0 Å². The number of methoxy groups -OCH3 is 1. The van der Waals surface area contributed by atoms with Crippen molar-refractivity contribution in [2.45, 2.75) is 25.4 Å². The third kappa shape index (κ3) is 7.78. The number of nitrogens with zero attached hydrogens (tertiary/aromatic N) is 1. The molecule has 180 valence electrons. The summed E-state index contributed by atoms with van der Waals surface area (Å²) in [6.07, 6.45) is 1.25. The van der Waals surface area contributed by atoms with Crippen molar-refractivity contribution in [3.05, 3.63) is 95.3 Å². The smallest absolute Gasteiger partial charge is 0.314 e. The number of halogens is 1. The highest BCUT2D eigenvalue weighted by Gasteiger charge is 2.17. The number of urea groups is 1. The number of benzene rings is 3. The summed E-state index contributed by atoms with van der Waals surface area (Å²) in [6, 6.07) is 21.5. The summed E-state index contributed by atoms with van der Waals surface area (Å²) in [5.41, 5.74) is 3.10. The number of rotatable bonds is 11. The van der Waals surface area contributed by atoms with Crippen molar-refractivity contribution in [2.75, 3.05) is 27.2 Å². The fourth-order valence-electron chi connectivity index (χ4n) is 3.80. The molecule has 6 nitrogen and oxygen atoms in total. The van der Waals surface area contributed by atoms with Crippen LogP contribution in [0.1, 0.15) is 16.7 Å². The van der Waals surface area contributed by atoms with Crippen molar-refractivity contribution < 1.29 is 19.0 Å². The van der Waals surface area contributed by atoms with E-state index in [-0.39, 0.29) is 23.6 Å². The van der Waals surface area contributed by atoms with E-state index >= 15 is 0 Å². The third-order valence-corrected chi connectivity index (χ3v) is 5.73. The van der Waals surface area contributed by atoms with E-state index in [0.29, 0.717) is 25.3 Å². The van der Waals surface area contributed by atoms with Crippen LogP contribution in [0.25, 0.3) is 0 Å². The Bertz CT molecular complexity index is 1040. The van der Waals surface area contributed by atoms with E-state index in [1.54, 1.807) is 18.2 Å². The number of aromatic hydroxyl groups is 1. The molecule has 0 saturated carbocycles. The Morgan fingerprint density at radius 3 is 2.47 bits per heavy atom. The molecule has 3 N–H and O–H groups in total. The molecule has 1 unspecified atom stereocenters. The minimum absolute atomic E-state index is 0.0488. The van der Waals surface area contributed by atoms with Crippen LogP contribution in [0.5, 0.6) is 11.5 Å². The predicted octanol–water partition coefficient (Wildman–Crippen LogP) is 4.12. The number of phenols is 1. The molecule has 0 radical (unpaired) electrons. The molecule has 0 heterocycles. The van der Waals surface area contributed by atoms with Crippen LogP contribution < -0.4 is 15.4 Å². The maximum atomic E-state index is 13.4. The lowest BCUT2D eigenvalue weighted by molar-refractivity contribution is 0.214. The van der Waals surface area contributed by atoms with Crippen molar-refractivity contribution in [1.29, 1.82) is 0 Å². The van der Waals surface area contributed by atoms with Gasteiger partial charge in [-0.05, 0) is 54.8 Å². The van der Waals surface area contributed by atoms with Crippen molar-refractivity contribution in [2.24, 2.45) is 0 Å². The van der Waals surface area contributed by atoms with Gasteiger partial charge in [0.05, 0.1) is 7.11 Å². The normalized spacial score (nSPS) is 11.8. The molecule has 0 saturated heterocycles. The van der Waals surface area contributed by atoms with Crippen LogP contribution in [0.15, 0.2) is 72.8 Å². The predicted molar refractivity (Wildman–Crippen MR) is 132 cm³/mol. The Balaban J connectivity index is 1.55. The molecular formula is C27H32FN3O3. The second-order valence-electron chi connectivity index (χ2n) is 8.27. The number of ether oxygens (including phenoxy) is 1. The van der Waals surface area contributed by atoms with Gasteiger partial charge in [0.25, 0.3) is 0 Å². The molecule has 34 heavy (non-hydrogen) atoms. The van der Waals surface area contributed by atoms with Gasteiger partial charge in [-0.15, -0.1) is 0 Å². The Morgan fingerprint density at radius 2 is 1.76 bits per heavy atom. The number of nitrogens with one attached hydrogen (secondary N) is 2. The van der Waals surface area contributed by atoms with Gasteiger partial charge in [0, 0.05) is 31.7 Å². The first kappa shape index (κ1) is 25.1. The molecule has 3 aromatic rings. The average Bonchev–Trinajstić information content (AvgIpc) is 2.84. The lowest BCUT2D eigenvalue weighted by Gasteiger charge is -2.29.